The van der Waals surface area contributed by atoms with E-state index in [9.17, 15) is 4.79 Å². The van der Waals surface area contributed by atoms with Crippen molar-refractivity contribution < 1.29 is 9.90 Å². The molecule has 1 aliphatic heterocycles. The van der Waals surface area contributed by atoms with Crippen molar-refractivity contribution in [2.24, 2.45) is 5.92 Å². The molecule has 0 aromatic rings. The summed E-state index contributed by atoms with van der Waals surface area (Å²) in [5, 5.41) is 9.01. The number of likely N-dealkylation sites (tertiary alicyclic amines) is 1. The van der Waals surface area contributed by atoms with Gasteiger partial charge in [0.1, 0.15) is 0 Å². The second-order valence-electron chi connectivity index (χ2n) is 5.87. The van der Waals surface area contributed by atoms with Gasteiger partial charge in [0.25, 0.3) is 0 Å². The van der Waals surface area contributed by atoms with Crippen LogP contribution in [0.5, 0.6) is 0 Å². The number of hydrogen-bond acceptors (Lipinski definition) is 3. The number of hydrogen-bond donors (Lipinski definition) is 1. The Balaban J connectivity index is 1.73. The Bertz CT molecular complexity index is 273. The van der Waals surface area contributed by atoms with Gasteiger partial charge >= 0.3 is 5.97 Å². The number of carbonyl (C=O) groups is 1. The van der Waals surface area contributed by atoms with Gasteiger partial charge < -0.3 is 10.0 Å². The van der Waals surface area contributed by atoms with Crippen LogP contribution >= 0.6 is 0 Å². The predicted octanol–water partition coefficient (Wildman–Crippen LogP) is 1.66. The molecule has 2 aliphatic rings. The molecule has 0 bridgehead atoms. The minimum atomic E-state index is -0.668. The molecule has 0 aromatic heterocycles. The van der Waals surface area contributed by atoms with Gasteiger partial charge in [-0.2, -0.15) is 0 Å². The van der Waals surface area contributed by atoms with E-state index in [0.717, 1.165) is 13.1 Å². The normalized spacial score (nSPS) is 23.2. The van der Waals surface area contributed by atoms with Crippen molar-refractivity contribution in [1.29, 1.82) is 0 Å². The number of aliphatic carboxylic acids is 1. The molecule has 0 radical (unpaired) electrons. The number of rotatable bonds is 7. The lowest BCUT2D eigenvalue weighted by molar-refractivity contribution is -0.141. The minimum absolute atomic E-state index is 0.244. The van der Waals surface area contributed by atoms with Gasteiger partial charge in [0.2, 0.25) is 0 Å². The van der Waals surface area contributed by atoms with Crippen LogP contribution in [0.4, 0.5) is 0 Å². The minimum Gasteiger partial charge on any atom is -0.481 e. The fourth-order valence-electron chi connectivity index (χ4n) is 2.75. The van der Waals surface area contributed by atoms with E-state index in [4.69, 9.17) is 5.11 Å². The molecule has 0 aromatic carbocycles. The number of piperidine rings is 1. The summed E-state index contributed by atoms with van der Waals surface area (Å²) in [6, 6.07) is 0.664. The summed E-state index contributed by atoms with van der Waals surface area (Å²) in [5.41, 5.74) is 0. The van der Waals surface area contributed by atoms with Crippen molar-refractivity contribution in [2.45, 2.75) is 45.1 Å². The Morgan fingerprint density at radius 1 is 1.33 bits per heavy atom. The van der Waals surface area contributed by atoms with Crippen molar-refractivity contribution in [3.05, 3.63) is 0 Å². The number of carboxylic acids is 1. The first-order valence-corrected chi connectivity index (χ1v) is 7.36. The lowest BCUT2D eigenvalue weighted by Gasteiger charge is -2.30. The van der Waals surface area contributed by atoms with Crippen LogP contribution in [0, 0.1) is 5.92 Å². The van der Waals surface area contributed by atoms with E-state index >= 15 is 0 Å². The fraction of sp³-hybridized carbons (Fsp3) is 0.929. The zero-order chi connectivity index (χ0) is 13.0. The van der Waals surface area contributed by atoms with E-state index in [1.165, 1.54) is 45.2 Å². The summed E-state index contributed by atoms with van der Waals surface area (Å²) in [5.74, 6) is -0.912. The quantitative estimate of drug-likeness (QED) is 0.750. The maximum Gasteiger partial charge on any atom is 0.307 e. The molecule has 1 saturated carbocycles. The highest BCUT2D eigenvalue weighted by Gasteiger charge is 2.31. The Labute approximate surface area is 110 Å². The van der Waals surface area contributed by atoms with Crippen LogP contribution in [0.2, 0.25) is 0 Å². The standard InChI is InChI=1S/C14H26N2O2/c1-12(14(17)18)11-16(13-5-6-13)10-9-15-7-3-2-4-8-15/h12-13H,2-11H2,1H3,(H,17,18). The fourth-order valence-corrected chi connectivity index (χ4v) is 2.75. The Morgan fingerprint density at radius 3 is 2.56 bits per heavy atom. The zero-order valence-corrected chi connectivity index (χ0v) is 11.5. The summed E-state index contributed by atoms with van der Waals surface area (Å²) < 4.78 is 0. The SMILES string of the molecule is CC(CN(CCN1CCCCC1)C1CC1)C(=O)O. The largest absolute Gasteiger partial charge is 0.481 e. The summed E-state index contributed by atoms with van der Waals surface area (Å²) in [6.45, 7) is 7.15. The van der Waals surface area contributed by atoms with Crippen molar-refractivity contribution in [1.82, 2.24) is 9.80 Å². The first-order chi connectivity index (χ1) is 8.66. The second-order valence-corrected chi connectivity index (χ2v) is 5.87. The van der Waals surface area contributed by atoms with Crippen LogP contribution in [0.15, 0.2) is 0 Å². The monoisotopic (exact) mass is 254 g/mol. The van der Waals surface area contributed by atoms with Gasteiger partial charge in [0.05, 0.1) is 5.92 Å². The third-order valence-corrected chi connectivity index (χ3v) is 4.15. The van der Waals surface area contributed by atoms with Crippen molar-refractivity contribution in [3.8, 4) is 0 Å². The van der Waals surface area contributed by atoms with Crippen LogP contribution in [0.1, 0.15) is 39.0 Å². The highest BCUT2D eigenvalue weighted by molar-refractivity contribution is 5.69. The van der Waals surface area contributed by atoms with Gasteiger partial charge in [-0.15, -0.1) is 0 Å². The first-order valence-electron chi connectivity index (χ1n) is 7.36. The average Bonchev–Trinajstić information content (AvgIpc) is 3.19. The van der Waals surface area contributed by atoms with Crippen molar-refractivity contribution >= 4 is 5.97 Å². The van der Waals surface area contributed by atoms with Gasteiger partial charge in [0, 0.05) is 25.7 Å². The molecular formula is C14H26N2O2. The van der Waals surface area contributed by atoms with E-state index in [0.29, 0.717) is 12.6 Å². The van der Waals surface area contributed by atoms with E-state index < -0.39 is 5.97 Å². The van der Waals surface area contributed by atoms with E-state index in [1.807, 2.05) is 6.92 Å². The molecule has 1 atom stereocenters. The van der Waals surface area contributed by atoms with Crippen molar-refractivity contribution in [3.63, 3.8) is 0 Å². The van der Waals surface area contributed by atoms with Crippen LogP contribution in [-0.2, 0) is 4.79 Å². The number of nitrogens with zero attached hydrogens (tertiary/aromatic N) is 2. The smallest absolute Gasteiger partial charge is 0.307 e. The van der Waals surface area contributed by atoms with E-state index in [-0.39, 0.29) is 5.92 Å². The molecule has 1 heterocycles. The van der Waals surface area contributed by atoms with Crippen molar-refractivity contribution in [2.75, 3.05) is 32.7 Å². The second kappa shape index (κ2) is 6.53. The Kier molecular flexibility index (Phi) is 5.01. The number of carboxylic acid groups (broad SMARTS) is 1. The zero-order valence-electron chi connectivity index (χ0n) is 11.5. The first kappa shape index (κ1) is 13.8. The summed E-state index contributed by atoms with van der Waals surface area (Å²) >= 11 is 0. The maximum atomic E-state index is 10.9. The topological polar surface area (TPSA) is 43.8 Å². The maximum absolute atomic E-state index is 10.9. The van der Waals surface area contributed by atoms with Gasteiger partial charge in [0.15, 0.2) is 0 Å². The van der Waals surface area contributed by atoms with E-state index in [2.05, 4.69) is 9.80 Å². The van der Waals surface area contributed by atoms with Crippen LogP contribution in [0.25, 0.3) is 0 Å². The summed E-state index contributed by atoms with van der Waals surface area (Å²) in [7, 11) is 0. The molecule has 0 amide bonds. The molecule has 104 valence electrons. The molecule has 1 aliphatic carbocycles. The molecule has 2 rings (SSSR count). The molecule has 4 heteroatoms. The third kappa shape index (κ3) is 4.25. The van der Waals surface area contributed by atoms with Crippen LogP contribution in [-0.4, -0.2) is 59.6 Å². The molecule has 18 heavy (non-hydrogen) atoms. The average molecular weight is 254 g/mol. The molecule has 0 spiro atoms. The molecule has 2 fully saturated rings. The lowest BCUT2D eigenvalue weighted by atomic mass is 10.1. The van der Waals surface area contributed by atoms with Gasteiger partial charge in [-0.1, -0.05) is 13.3 Å². The molecule has 4 nitrogen and oxygen atoms in total. The van der Waals surface area contributed by atoms with Gasteiger partial charge in [-0.25, -0.2) is 0 Å². The Hall–Kier alpha value is -0.610. The lowest BCUT2D eigenvalue weighted by Crippen LogP contribution is -2.41. The summed E-state index contributed by atoms with van der Waals surface area (Å²) in [6.07, 6.45) is 6.54. The molecule has 1 saturated heterocycles. The van der Waals surface area contributed by atoms with Crippen LogP contribution in [0.3, 0.4) is 0 Å². The Morgan fingerprint density at radius 2 is 2.00 bits per heavy atom. The van der Waals surface area contributed by atoms with Crippen LogP contribution < -0.4 is 0 Å². The molecule has 1 unspecified atom stereocenters. The van der Waals surface area contributed by atoms with Gasteiger partial charge in [-0.05, 0) is 38.8 Å². The van der Waals surface area contributed by atoms with Gasteiger partial charge in [-0.3, -0.25) is 9.69 Å². The molecular weight excluding hydrogens is 228 g/mol. The molecule has 1 N–H and O–H groups in total. The highest BCUT2D eigenvalue weighted by Crippen LogP contribution is 2.27. The summed E-state index contributed by atoms with van der Waals surface area (Å²) in [4.78, 5) is 15.9. The predicted molar refractivity (Wildman–Crippen MR) is 71.7 cm³/mol. The highest BCUT2D eigenvalue weighted by atomic mass is 16.4. The third-order valence-electron chi connectivity index (χ3n) is 4.15. The van der Waals surface area contributed by atoms with E-state index in [1.54, 1.807) is 0 Å².